The third-order valence-corrected chi connectivity index (χ3v) is 6.32. The lowest BCUT2D eigenvalue weighted by Crippen LogP contribution is -2.21. The predicted molar refractivity (Wildman–Crippen MR) is 125 cm³/mol. The lowest BCUT2D eigenvalue weighted by atomic mass is 10.0. The Bertz CT molecular complexity index is 1220. The second-order valence-corrected chi connectivity index (χ2v) is 8.95. The van der Waals surface area contributed by atoms with Crippen molar-refractivity contribution in [3.63, 3.8) is 0 Å². The third-order valence-electron chi connectivity index (χ3n) is 5.31. The van der Waals surface area contributed by atoms with Gasteiger partial charge in [-0.1, -0.05) is 50.2 Å². The first-order chi connectivity index (χ1) is 14.5. The Labute approximate surface area is 180 Å². The number of nitrogens with zero attached hydrogens (tertiary/aromatic N) is 2. The fourth-order valence-corrected chi connectivity index (χ4v) is 4.69. The van der Waals surface area contributed by atoms with Crippen LogP contribution in [0.15, 0.2) is 59.7 Å². The summed E-state index contributed by atoms with van der Waals surface area (Å²) in [6, 6.07) is 16.4. The van der Waals surface area contributed by atoms with Crippen LogP contribution < -0.4 is 10.3 Å². The molecule has 0 aliphatic heterocycles. The standard InChI is InChI=1S/C25H26N2O2S/c1-5-29-21-12-10-20(11-13-21)22-17(4)30-24-23(22)25(28)27(15-26-24)14-18-6-8-19(9-7-18)16(2)3/h6-13,15-16H,5,14H2,1-4H3. The SMILES string of the molecule is CCOc1ccc(-c2c(C)sc3ncn(Cc4ccc(C(C)C)cc4)c(=O)c23)cc1. The summed E-state index contributed by atoms with van der Waals surface area (Å²) in [4.78, 5) is 19.9. The van der Waals surface area contributed by atoms with E-state index in [0.29, 0.717) is 24.5 Å². The Morgan fingerprint density at radius 3 is 2.40 bits per heavy atom. The number of rotatable bonds is 6. The average molecular weight is 419 g/mol. The molecule has 0 aliphatic carbocycles. The van der Waals surface area contributed by atoms with E-state index < -0.39 is 0 Å². The van der Waals surface area contributed by atoms with Crippen molar-refractivity contribution in [1.29, 1.82) is 0 Å². The lowest BCUT2D eigenvalue weighted by molar-refractivity contribution is 0.340. The Hall–Kier alpha value is -2.92. The van der Waals surface area contributed by atoms with Crippen LogP contribution in [0.25, 0.3) is 21.3 Å². The molecule has 0 saturated heterocycles. The first kappa shape index (κ1) is 20.4. The van der Waals surface area contributed by atoms with Crippen LogP contribution in [0, 0.1) is 6.92 Å². The van der Waals surface area contributed by atoms with Crippen molar-refractivity contribution in [2.24, 2.45) is 0 Å². The molecule has 0 fully saturated rings. The Morgan fingerprint density at radius 1 is 1.07 bits per heavy atom. The van der Waals surface area contributed by atoms with Crippen LogP contribution in [0.4, 0.5) is 0 Å². The number of hydrogen-bond acceptors (Lipinski definition) is 4. The molecular formula is C25H26N2O2S. The highest BCUT2D eigenvalue weighted by atomic mass is 32.1. The number of hydrogen-bond donors (Lipinski definition) is 0. The molecule has 0 amide bonds. The minimum Gasteiger partial charge on any atom is -0.494 e. The molecule has 5 heteroatoms. The summed E-state index contributed by atoms with van der Waals surface area (Å²) in [5.74, 6) is 1.32. The summed E-state index contributed by atoms with van der Waals surface area (Å²) in [6.07, 6.45) is 1.67. The molecule has 0 atom stereocenters. The Kier molecular flexibility index (Phi) is 5.73. The van der Waals surface area contributed by atoms with Crippen molar-refractivity contribution < 1.29 is 4.74 Å². The molecule has 0 bridgehead atoms. The number of aryl methyl sites for hydroxylation is 1. The van der Waals surface area contributed by atoms with Gasteiger partial charge in [0.05, 0.1) is 24.9 Å². The summed E-state index contributed by atoms with van der Waals surface area (Å²) < 4.78 is 7.26. The zero-order chi connectivity index (χ0) is 21.3. The van der Waals surface area contributed by atoms with Gasteiger partial charge in [0, 0.05) is 10.4 Å². The van der Waals surface area contributed by atoms with Gasteiger partial charge in [0.25, 0.3) is 5.56 Å². The van der Waals surface area contributed by atoms with Crippen LogP contribution in [0.2, 0.25) is 0 Å². The van der Waals surface area contributed by atoms with E-state index in [9.17, 15) is 4.79 Å². The number of thiophene rings is 1. The lowest BCUT2D eigenvalue weighted by Gasteiger charge is -2.09. The van der Waals surface area contributed by atoms with Gasteiger partial charge >= 0.3 is 0 Å². The van der Waals surface area contributed by atoms with E-state index >= 15 is 0 Å². The molecule has 30 heavy (non-hydrogen) atoms. The minimum atomic E-state index is 0.00108. The quantitative estimate of drug-likeness (QED) is 0.385. The van der Waals surface area contributed by atoms with Crippen LogP contribution in [-0.2, 0) is 6.54 Å². The van der Waals surface area contributed by atoms with Gasteiger partial charge in [-0.05, 0) is 48.6 Å². The maximum Gasteiger partial charge on any atom is 0.263 e. The molecule has 4 aromatic rings. The van der Waals surface area contributed by atoms with Crippen LogP contribution in [0.3, 0.4) is 0 Å². The van der Waals surface area contributed by atoms with Gasteiger partial charge in [0.2, 0.25) is 0 Å². The van der Waals surface area contributed by atoms with Gasteiger partial charge in [0.15, 0.2) is 0 Å². The second kappa shape index (κ2) is 8.44. The zero-order valence-electron chi connectivity index (χ0n) is 17.8. The van der Waals surface area contributed by atoms with Crippen molar-refractivity contribution in [3.05, 3.63) is 81.2 Å². The van der Waals surface area contributed by atoms with E-state index in [0.717, 1.165) is 32.1 Å². The van der Waals surface area contributed by atoms with Crippen molar-refractivity contribution in [2.75, 3.05) is 6.61 Å². The number of ether oxygens (including phenoxy) is 1. The first-order valence-electron chi connectivity index (χ1n) is 10.3. The highest BCUT2D eigenvalue weighted by Crippen LogP contribution is 2.36. The first-order valence-corrected chi connectivity index (χ1v) is 11.1. The maximum absolute atomic E-state index is 13.4. The molecule has 0 spiro atoms. The van der Waals surface area contributed by atoms with Gasteiger partial charge in [-0.2, -0.15) is 0 Å². The molecule has 2 heterocycles. The van der Waals surface area contributed by atoms with E-state index in [2.05, 4.69) is 43.1 Å². The average Bonchev–Trinajstić information content (AvgIpc) is 3.08. The molecule has 2 aromatic carbocycles. The summed E-state index contributed by atoms with van der Waals surface area (Å²) in [7, 11) is 0. The van der Waals surface area contributed by atoms with Crippen molar-refractivity contribution in [3.8, 4) is 16.9 Å². The summed E-state index contributed by atoms with van der Waals surface area (Å²) in [6.45, 7) is 9.52. The largest absolute Gasteiger partial charge is 0.494 e. The molecule has 0 unspecified atom stereocenters. The van der Waals surface area contributed by atoms with E-state index in [4.69, 9.17) is 4.74 Å². The molecule has 4 nitrogen and oxygen atoms in total. The summed E-state index contributed by atoms with van der Waals surface area (Å²) in [5, 5.41) is 0.697. The molecule has 2 aromatic heterocycles. The fourth-order valence-electron chi connectivity index (χ4n) is 3.69. The van der Waals surface area contributed by atoms with Crippen molar-refractivity contribution >= 4 is 21.6 Å². The Balaban J connectivity index is 1.74. The fraction of sp³-hybridized carbons (Fsp3) is 0.280. The van der Waals surface area contributed by atoms with Gasteiger partial charge < -0.3 is 4.74 Å². The van der Waals surface area contributed by atoms with Crippen LogP contribution in [0.1, 0.15) is 42.7 Å². The molecule has 4 rings (SSSR count). The maximum atomic E-state index is 13.4. The zero-order valence-corrected chi connectivity index (χ0v) is 18.6. The smallest absolute Gasteiger partial charge is 0.263 e. The molecule has 0 saturated carbocycles. The molecule has 0 N–H and O–H groups in total. The highest BCUT2D eigenvalue weighted by Gasteiger charge is 2.17. The summed E-state index contributed by atoms with van der Waals surface area (Å²) in [5.41, 5.74) is 4.38. The second-order valence-electron chi connectivity index (χ2n) is 7.74. The van der Waals surface area contributed by atoms with Gasteiger partial charge in [-0.3, -0.25) is 9.36 Å². The van der Waals surface area contributed by atoms with E-state index in [1.54, 1.807) is 22.2 Å². The van der Waals surface area contributed by atoms with Gasteiger partial charge in [-0.25, -0.2) is 4.98 Å². The van der Waals surface area contributed by atoms with Crippen molar-refractivity contribution in [2.45, 2.75) is 40.2 Å². The van der Waals surface area contributed by atoms with Gasteiger partial charge in [0.1, 0.15) is 10.6 Å². The molecule has 0 aliphatic rings. The van der Waals surface area contributed by atoms with Crippen molar-refractivity contribution in [1.82, 2.24) is 9.55 Å². The molecule has 154 valence electrons. The number of aromatic nitrogens is 2. The van der Waals surface area contributed by atoms with Crippen LogP contribution in [-0.4, -0.2) is 16.2 Å². The highest BCUT2D eigenvalue weighted by molar-refractivity contribution is 7.19. The molecular weight excluding hydrogens is 392 g/mol. The molecule has 0 radical (unpaired) electrons. The predicted octanol–water partition coefficient (Wildman–Crippen LogP) is 6.00. The third kappa shape index (κ3) is 3.90. The summed E-state index contributed by atoms with van der Waals surface area (Å²) >= 11 is 1.57. The van der Waals surface area contributed by atoms with E-state index in [1.165, 1.54) is 5.56 Å². The topological polar surface area (TPSA) is 44.1 Å². The Morgan fingerprint density at radius 2 is 1.77 bits per heavy atom. The van der Waals surface area contributed by atoms with E-state index in [1.807, 2.05) is 38.1 Å². The number of fused-ring (bicyclic) bond motifs is 1. The number of benzene rings is 2. The van der Waals surface area contributed by atoms with E-state index in [-0.39, 0.29) is 5.56 Å². The van der Waals surface area contributed by atoms with Crippen LogP contribution >= 0.6 is 11.3 Å². The monoisotopic (exact) mass is 418 g/mol. The minimum absolute atomic E-state index is 0.00108. The van der Waals surface area contributed by atoms with Gasteiger partial charge in [-0.15, -0.1) is 11.3 Å². The normalized spacial score (nSPS) is 11.4. The van der Waals surface area contributed by atoms with Crippen LogP contribution in [0.5, 0.6) is 5.75 Å².